The summed E-state index contributed by atoms with van der Waals surface area (Å²) in [7, 11) is 0. The van der Waals surface area contributed by atoms with E-state index in [-0.39, 0.29) is 18.2 Å². The highest BCUT2D eigenvalue weighted by molar-refractivity contribution is 5.72. The van der Waals surface area contributed by atoms with Crippen LogP contribution < -0.4 is 22.5 Å². The first kappa shape index (κ1) is 26.8. The highest BCUT2D eigenvalue weighted by Gasteiger charge is 2.22. The second-order valence-electron chi connectivity index (χ2n) is 9.33. The number of alkyl carbamates (subject to hydrolysis) is 1. The summed E-state index contributed by atoms with van der Waals surface area (Å²) in [6.07, 6.45) is 5.61. The maximum atomic E-state index is 11.4. The van der Waals surface area contributed by atoms with Gasteiger partial charge in [0.05, 0.1) is 0 Å². The van der Waals surface area contributed by atoms with Gasteiger partial charge in [-0.25, -0.2) is 14.4 Å². The first-order valence-electron chi connectivity index (χ1n) is 11.3. The Labute approximate surface area is 186 Å². The van der Waals surface area contributed by atoms with Crippen LogP contribution in [0.1, 0.15) is 59.3 Å². The molecule has 180 valence electrons. The molecule has 0 aromatic carbocycles. The number of carbonyl (C=O) groups is 3. The van der Waals surface area contributed by atoms with Gasteiger partial charge in [0.1, 0.15) is 5.60 Å². The number of hydrogen-bond acceptors (Lipinski definition) is 5. The van der Waals surface area contributed by atoms with Crippen molar-refractivity contribution in [3.63, 3.8) is 0 Å². The van der Waals surface area contributed by atoms with Crippen molar-refractivity contribution in [1.29, 1.82) is 0 Å². The summed E-state index contributed by atoms with van der Waals surface area (Å²) in [4.78, 5) is 36.5. The molecule has 2 saturated heterocycles. The van der Waals surface area contributed by atoms with Crippen molar-refractivity contribution in [3.05, 3.63) is 0 Å². The third-order valence-electron chi connectivity index (χ3n) is 5.65. The zero-order valence-corrected chi connectivity index (χ0v) is 19.4. The lowest BCUT2D eigenvalue weighted by Gasteiger charge is -2.30. The highest BCUT2D eigenvalue weighted by Crippen LogP contribution is 2.20. The minimum atomic E-state index is -0.461. The first-order chi connectivity index (χ1) is 14.5. The van der Waals surface area contributed by atoms with Crippen LogP contribution in [0.2, 0.25) is 0 Å². The van der Waals surface area contributed by atoms with E-state index in [1.165, 1.54) is 0 Å². The number of primary amides is 2. The summed E-state index contributed by atoms with van der Waals surface area (Å²) < 4.78 is 5.16. The Hall–Kier alpha value is -2.23. The molecule has 2 fully saturated rings. The molecule has 2 aliphatic heterocycles. The molecule has 0 aromatic heterocycles. The average molecular weight is 443 g/mol. The minimum Gasteiger partial charge on any atom is -0.444 e. The van der Waals surface area contributed by atoms with Crippen LogP contribution in [0.15, 0.2) is 0 Å². The van der Waals surface area contributed by atoms with E-state index in [9.17, 15) is 14.4 Å². The van der Waals surface area contributed by atoms with E-state index in [0.717, 1.165) is 58.2 Å². The Morgan fingerprint density at radius 1 is 0.871 bits per heavy atom. The highest BCUT2D eigenvalue weighted by atomic mass is 16.6. The Kier molecular flexibility index (Phi) is 11.4. The molecule has 31 heavy (non-hydrogen) atoms. The van der Waals surface area contributed by atoms with E-state index in [4.69, 9.17) is 21.9 Å². The Balaban J connectivity index is 0.000000343. The van der Waals surface area contributed by atoms with Gasteiger partial charge < -0.3 is 37.1 Å². The number of nitrogens with two attached hydrogens (primary N) is 3. The quantitative estimate of drug-likeness (QED) is 0.511. The number of nitrogens with zero attached hydrogens (tertiary/aromatic N) is 2. The van der Waals surface area contributed by atoms with E-state index in [0.29, 0.717) is 31.5 Å². The van der Waals surface area contributed by atoms with Gasteiger partial charge in [0.2, 0.25) is 0 Å². The van der Waals surface area contributed by atoms with Crippen molar-refractivity contribution < 1.29 is 19.1 Å². The standard InChI is InChI=1S/C13H25N3O3.C8H17N3O/c1-13(2,3)19-12(18)15-7-4-10-5-8-16(9-6-10)11(14)17;9-4-1-7-2-5-11(6-3-7)8(10)12/h10H,4-9H2,1-3H3,(H2,14,17)(H,15,18);7H,1-6,9H2,(H2,10,12). The van der Waals surface area contributed by atoms with Crippen molar-refractivity contribution in [2.75, 3.05) is 39.3 Å². The summed E-state index contributed by atoms with van der Waals surface area (Å²) in [5, 5.41) is 2.75. The Morgan fingerprint density at radius 3 is 1.65 bits per heavy atom. The zero-order chi connectivity index (χ0) is 23.4. The lowest BCUT2D eigenvalue weighted by atomic mass is 9.94. The first-order valence-corrected chi connectivity index (χ1v) is 11.3. The topological polar surface area (TPSA) is 157 Å². The Morgan fingerprint density at radius 2 is 1.29 bits per heavy atom. The summed E-state index contributed by atoms with van der Waals surface area (Å²) in [6, 6.07) is -0.633. The predicted octanol–water partition coefficient (Wildman–Crippen LogP) is 1.82. The number of hydrogen-bond donors (Lipinski definition) is 4. The summed E-state index contributed by atoms with van der Waals surface area (Å²) in [5.41, 5.74) is 15.4. The SMILES string of the molecule is CC(C)(C)OC(=O)NCCC1CCN(C(N)=O)CC1.NCCC1CCN(C(N)=O)CC1. The Bertz CT molecular complexity index is 565. The van der Waals surface area contributed by atoms with Crippen molar-refractivity contribution in [2.24, 2.45) is 29.0 Å². The van der Waals surface area contributed by atoms with Gasteiger partial charge in [-0.3, -0.25) is 0 Å². The molecule has 0 bridgehead atoms. The van der Waals surface area contributed by atoms with Crippen LogP contribution in [0.25, 0.3) is 0 Å². The van der Waals surface area contributed by atoms with Crippen molar-refractivity contribution in [1.82, 2.24) is 15.1 Å². The molecule has 5 amide bonds. The normalized spacial score (nSPS) is 18.1. The minimum absolute atomic E-state index is 0.291. The number of ether oxygens (including phenoxy) is 1. The fourth-order valence-electron chi connectivity index (χ4n) is 3.81. The van der Waals surface area contributed by atoms with Gasteiger partial charge in [-0.1, -0.05) is 0 Å². The molecule has 0 aromatic rings. The largest absolute Gasteiger partial charge is 0.444 e. The number of amides is 5. The molecule has 10 nitrogen and oxygen atoms in total. The van der Waals surface area contributed by atoms with Gasteiger partial charge >= 0.3 is 18.2 Å². The van der Waals surface area contributed by atoms with Crippen LogP contribution in [-0.2, 0) is 4.74 Å². The maximum absolute atomic E-state index is 11.4. The van der Waals surface area contributed by atoms with E-state index in [1.54, 1.807) is 9.80 Å². The van der Waals surface area contributed by atoms with E-state index in [2.05, 4.69) is 5.32 Å². The number of carbonyl (C=O) groups excluding carboxylic acids is 3. The molecule has 2 rings (SSSR count). The molecule has 0 spiro atoms. The predicted molar refractivity (Wildman–Crippen MR) is 120 cm³/mol. The lowest BCUT2D eigenvalue weighted by Crippen LogP contribution is -2.42. The van der Waals surface area contributed by atoms with Crippen molar-refractivity contribution in [2.45, 2.75) is 64.9 Å². The van der Waals surface area contributed by atoms with Gasteiger partial charge in [-0.15, -0.1) is 0 Å². The number of likely N-dealkylation sites (tertiary alicyclic amines) is 2. The van der Waals surface area contributed by atoms with Gasteiger partial charge in [-0.05, 0) is 77.7 Å². The van der Waals surface area contributed by atoms with Gasteiger partial charge in [0.25, 0.3) is 0 Å². The molecule has 0 saturated carbocycles. The van der Waals surface area contributed by atoms with Crippen LogP contribution >= 0.6 is 0 Å². The van der Waals surface area contributed by atoms with E-state index in [1.807, 2.05) is 20.8 Å². The van der Waals surface area contributed by atoms with Crippen molar-refractivity contribution >= 4 is 18.2 Å². The molecule has 0 radical (unpaired) electrons. The summed E-state index contributed by atoms with van der Waals surface area (Å²) >= 11 is 0. The van der Waals surface area contributed by atoms with Crippen LogP contribution in [0.5, 0.6) is 0 Å². The maximum Gasteiger partial charge on any atom is 0.407 e. The number of urea groups is 2. The van der Waals surface area contributed by atoms with Gasteiger partial charge in [0.15, 0.2) is 0 Å². The second kappa shape index (κ2) is 13.2. The average Bonchev–Trinajstić information content (AvgIpc) is 2.68. The number of piperidine rings is 2. The van der Waals surface area contributed by atoms with Gasteiger partial charge in [-0.2, -0.15) is 0 Å². The molecule has 7 N–H and O–H groups in total. The third-order valence-corrected chi connectivity index (χ3v) is 5.65. The molecule has 10 heteroatoms. The zero-order valence-electron chi connectivity index (χ0n) is 19.4. The molecule has 0 aliphatic carbocycles. The van der Waals surface area contributed by atoms with E-state index < -0.39 is 5.60 Å². The molecule has 2 heterocycles. The molecular weight excluding hydrogens is 400 g/mol. The fourth-order valence-corrected chi connectivity index (χ4v) is 3.81. The smallest absolute Gasteiger partial charge is 0.407 e. The van der Waals surface area contributed by atoms with Crippen LogP contribution in [-0.4, -0.2) is 72.8 Å². The van der Waals surface area contributed by atoms with Crippen LogP contribution in [0.4, 0.5) is 14.4 Å². The summed E-state index contributed by atoms with van der Waals surface area (Å²) in [5.74, 6) is 1.23. The lowest BCUT2D eigenvalue weighted by molar-refractivity contribution is 0.0523. The van der Waals surface area contributed by atoms with Crippen LogP contribution in [0, 0.1) is 11.8 Å². The molecule has 0 unspecified atom stereocenters. The van der Waals surface area contributed by atoms with Gasteiger partial charge in [0, 0.05) is 32.7 Å². The van der Waals surface area contributed by atoms with Crippen LogP contribution in [0.3, 0.4) is 0 Å². The second-order valence-corrected chi connectivity index (χ2v) is 9.33. The molecule has 0 atom stereocenters. The third kappa shape index (κ3) is 11.7. The molecule has 2 aliphatic rings. The summed E-state index contributed by atoms with van der Waals surface area (Å²) in [6.45, 7) is 9.92. The van der Waals surface area contributed by atoms with Crippen molar-refractivity contribution in [3.8, 4) is 0 Å². The monoisotopic (exact) mass is 442 g/mol. The number of nitrogens with one attached hydrogen (secondary N) is 1. The fraction of sp³-hybridized carbons (Fsp3) is 0.857. The number of rotatable bonds is 5. The molecular formula is C21H42N6O4. The van der Waals surface area contributed by atoms with E-state index >= 15 is 0 Å².